The van der Waals surface area contributed by atoms with Gasteiger partial charge in [0.25, 0.3) is 0 Å². The standard InChI is InChI=1S/C11H23N3O2/c1-16-9-4-10(12)11(15)13-5-8-14-6-2-3-7-14/h10H,2-9,12H2,1H3,(H,13,15). The summed E-state index contributed by atoms with van der Waals surface area (Å²) in [6.45, 7) is 4.47. The number of carbonyl (C=O) groups is 1. The number of hydrogen-bond donors (Lipinski definition) is 2. The van der Waals surface area contributed by atoms with Crippen molar-refractivity contribution in [2.75, 3.05) is 39.9 Å². The molecule has 1 heterocycles. The van der Waals surface area contributed by atoms with Crippen LogP contribution in [0.1, 0.15) is 19.3 Å². The van der Waals surface area contributed by atoms with Crippen molar-refractivity contribution in [3.63, 3.8) is 0 Å². The summed E-state index contributed by atoms with van der Waals surface area (Å²) in [6, 6.07) is -0.446. The molecule has 1 aliphatic heterocycles. The summed E-state index contributed by atoms with van der Waals surface area (Å²) in [4.78, 5) is 13.9. The Morgan fingerprint density at radius 1 is 1.50 bits per heavy atom. The number of hydrogen-bond acceptors (Lipinski definition) is 4. The largest absolute Gasteiger partial charge is 0.385 e. The maximum atomic E-state index is 11.5. The van der Waals surface area contributed by atoms with Crippen LogP contribution in [0.5, 0.6) is 0 Å². The van der Waals surface area contributed by atoms with E-state index in [1.54, 1.807) is 7.11 Å². The fourth-order valence-corrected chi connectivity index (χ4v) is 1.85. The van der Waals surface area contributed by atoms with E-state index in [-0.39, 0.29) is 5.91 Å². The van der Waals surface area contributed by atoms with Crippen LogP contribution < -0.4 is 11.1 Å². The molecule has 1 rings (SSSR count). The number of nitrogens with two attached hydrogens (primary N) is 1. The number of ether oxygens (including phenoxy) is 1. The minimum absolute atomic E-state index is 0.0729. The average molecular weight is 229 g/mol. The molecule has 0 radical (unpaired) electrons. The molecule has 1 fully saturated rings. The van der Waals surface area contributed by atoms with Crippen LogP contribution in [-0.2, 0) is 9.53 Å². The second-order valence-electron chi connectivity index (χ2n) is 4.23. The minimum atomic E-state index is -0.446. The van der Waals surface area contributed by atoms with Crippen LogP contribution in [-0.4, -0.2) is 56.7 Å². The Balaban J connectivity index is 2.04. The highest BCUT2D eigenvalue weighted by molar-refractivity contribution is 5.81. The summed E-state index contributed by atoms with van der Waals surface area (Å²) in [7, 11) is 1.61. The van der Waals surface area contributed by atoms with Gasteiger partial charge in [0.2, 0.25) is 5.91 Å². The Hall–Kier alpha value is -0.650. The van der Waals surface area contributed by atoms with E-state index < -0.39 is 6.04 Å². The van der Waals surface area contributed by atoms with Gasteiger partial charge in [0.15, 0.2) is 0 Å². The molecule has 5 nitrogen and oxygen atoms in total. The van der Waals surface area contributed by atoms with Gasteiger partial charge in [-0.2, -0.15) is 0 Å². The molecule has 1 unspecified atom stereocenters. The Kier molecular flexibility index (Phi) is 6.37. The molecule has 0 bridgehead atoms. The van der Waals surface area contributed by atoms with Gasteiger partial charge in [0.05, 0.1) is 6.04 Å². The van der Waals surface area contributed by atoms with E-state index >= 15 is 0 Å². The van der Waals surface area contributed by atoms with Crippen LogP contribution in [0.3, 0.4) is 0 Å². The quantitative estimate of drug-likeness (QED) is 0.621. The maximum absolute atomic E-state index is 11.5. The van der Waals surface area contributed by atoms with Crippen LogP contribution in [0.25, 0.3) is 0 Å². The first-order valence-corrected chi connectivity index (χ1v) is 5.98. The van der Waals surface area contributed by atoms with Crippen molar-refractivity contribution in [1.29, 1.82) is 0 Å². The molecule has 1 amide bonds. The predicted octanol–water partition coefficient (Wildman–Crippen LogP) is -0.438. The molecule has 5 heteroatoms. The molecule has 16 heavy (non-hydrogen) atoms. The Bertz CT molecular complexity index is 205. The van der Waals surface area contributed by atoms with Gasteiger partial charge in [-0.05, 0) is 32.4 Å². The van der Waals surface area contributed by atoms with Gasteiger partial charge < -0.3 is 20.7 Å². The van der Waals surface area contributed by atoms with Gasteiger partial charge in [0, 0.05) is 26.8 Å². The summed E-state index contributed by atoms with van der Waals surface area (Å²) in [5.74, 6) is -0.0729. The molecule has 0 saturated carbocycles. The first-order valence-electron chi connectivity index (χ1n) is 5.98. The van der Waals surface area contributed by atoms with E-state index in [0.717, 1.165) is 19.6 Å². The number of rotatable bonds is 7. The van der Waals surface area contributed by atoms with E-state index in [1.165, 1.54) is 12.8 Å². The molecule has 1 saturated heterocycles. The van der Waals surface area contributed by atoms with Crippen LogP contribution in [0.15, 0.2) is 0 Å². The normalized spacial score (nSPS) is 18.6. The van der Waals surface area contributed by atoms with Crippen molar-refractivity contribution in [2.45, 2.75) is 25.3 Å². The van der Waals surface area contributed by atoms with Gasteiger partial charge in [-0.25, -0.2) is 0 Å². The van der Waals surface area contributed by atoms with E-state index in [4.69, 9.17) is 10.5 Å². The molecule has 1 atom stereocenters. The van der Waals surface area contributed by atoms with Gasteiger partial charge in [0.1, 0.15) is 0 Å². The Morgan fingerprint density at radius 2 is 2.19 bits per heavy atom. The second kappa shape index (κ2) is 7.60. The fraction of sp³-hybridized carbons (Fsp3) is 0.909. The molecule has 94 valence electrons. The van der Waals surface area contributed by atoms with Crippen molar-refractivity contribution in [3.05, 3.63) is 0 Å². The first-order chi connectivity index (χ1) is 7.74. The maximum Gasteiger partial charge on any atom is 0.237 e. The smallest absolute Gasteiger partial charge is 0.237 e. The zero-order chi connectivity index (χ0) is 11.8. The van der Waals surface area contributed by atoms with Crippen LogP contribution in [0, 0.1) is 0 Å². The second-order valence-corrected chi connectivity index (χ2v) is 4.23. The van der Waals surface area contributed by atoms with Crippen molar-refractivity contribution in [3.8, 4) is 0 Å². The third kappa shape index (κ3) is 4.92. The van der Waals surface area contributed by atoms with E-state index in [0.29, 0.717) is 19.6 Å². The number of amides is 1. The molecule has 3 N–H and O–H groups in total. The third-order valence-corrected chi connectivity index (χ3v) is 2.90. The first kappa shape index (κ1) is 13.4. The van der Waals surface area contributed by atoms with Crippen LogP contribution in [0.2, 0.25) is 0 Å². The third-order valence-electron chi connectivity index (χ3n) is 2.90. The fourth-order valence-electron chi connectivity index (χ4n) is 1.85. The van der Waals surface area contributed by atoms with Crippen molar-refractivity contribution >= 4 is 5.91 Å². The lowest BCUT2D eigenvalue weighted by atomic mass is 10.2. The van der Waals surface area contributed by atoms with E-state index in [2.05, 4.69) is 10.2 Å². The summed E-state index contributed by atoms with van der Waals surface area (Å²) in [5.41, 5.74) is 5.69. The van der Waals surface area contributed by atoms with Crippen molar-refractivity contribution in [1.82, 2.24) is 10.2 Å². The Labute approximate surface area is 97.3 Å². The van der Waals surface area contributed by atoms with Crippen LogP contribution in [0.4, 0.5) is 0 Å². The zero-order valence-electron chi connectivity index (χ0n) is 10.1. The topological polar surface area (TPSA) is 67.6 Å². The summed E-state index contributed by atoms with van der Waals surface area (Å²) in [6.07, 6.45) is 3.13. The van der Waals surface area contributed by atoms with Crippen molar-refractivity contribution < 1.29 is 9.53 Å². The van der Waals surface area contributed by atoms with Gasteiger partial charge in [-0.15, -0.1) is 0 Å². The molecule has 0 spiro atoms. The molecular weight excluding hydrogens is 206 g/mol. The zero-order valence-corrected chi connectivity index (χ0v) is 10.1. The highest BCUT2D eigenvalue weighted by Gasteiger charge is 2.14. The van der Waals surface area contributed by atoms with E-state index in [9.17, 15) is 4.79 Å². The molecule has 0 aromatic rings. The SMILES string of the molecule is COCCC(N)C(=O)NCCN1CCCC1. The lowest BCUT2D eigenvalue weighted by molar-refractivity contribution is -0.122. The van der Waals surface area contributed by atoms with E-state index in [1.807, 2.05) is 0 Å². The molecule has 1 aliphatic rings. The minimum Gasteiger partial charge on any atom is -0.385 e. The van der Waals surface area contributed by atoms with Gasteiger partial charge >= 0.3 is 0 Å². The molecule has 0 aromatic heterocycles. The van der Waals surface area contributed by atoms with Gasteiger partial charge in [-0.1, -0.05) is 0 Å². The Morgan fingerprint density at radius 3 is 2.81 bits per heavy atom. The number of carbonyl (C=O) groups excluding carboxylic acids is 1. The number of nitrogens with one attached hydrogen (secondary N) is 1. The van der Waals surface area contributed by atoms with Crippen molar-refractivity contribution in [2.24, 2.45) is 5.73 Å². The summed E-state index contributed by atoms with van der Waals surface area (Å²) < 4.78 is 4.88. The summed E-state index contributed by atoms with van der Waals surface area (Å²) in [5, 5.41) is 2.86. The predicted molar refractivity (Wildman–Crippen MR) is 63.2 cm³/mol. The monoisotopic (exact) mass is 229 g/mol. The highest BCUT2D eigenvalue weighted by Crippen LogP contribution is 2.05. The number of nitrogens with zero attached hydrogens (tertiary/aromatic N) is 1. The highest BCUT2D eigenvalue weighted by atomic mass is 16.5. The molecular formula is C11H23N3O2. The van der Waals surface area contributed by atoms with Gasteiger partial charge in [-0.3, -0.25) is 4.79 Å². The lowest BCUT2D eigenvalue weighted by Crippen LogP contribution is -2.43. The van der Waals surface area contributed by atoms with Crippen LogP contribution >= 0.6 is 0 Å². The summed E-state index contributed by atoms with van der Waals surface area (Å²) >= 11 is 0. The molecule has 0 aliphatic carbocycles. The average Bonchev–Trinajstić information content (AvgIpc) is 2.78. The molecule has 0 aromatic carbocycles. The number of likely N-dealkylation sites (tertiary alicyclic amines) is 1. The number of methoxy groups -OCH3 is 1. The lowest BCUT2D eigenvalue weighted by Gasteiger charge is -2.16.